The highest BCUT2D eigenvalue weighted by molar-refractivity contribution is 6.17. The molecule has 0 rings (SSSR count). The van der Waals surface area contributed by atoms with E-state index in [-0.39, 0.29) is 6.10 Å². The molecule has 0 aromatic heterocycles. The molecule has 0 heterocycles. The smallest absolute Gasteiger partial charge is 0.0751 e. The third-order valence-corrected chi connectivity index (χ3v) is 3.61. The average molecular weight is 261 g/mol. The summed E-state index contributed by atoms with van der Waals surface area (Å²) in [6.45, 7) is 6.48. The largest absolute Gasteiger partial charge is 0.389 e. The fraction of sp³-hybridized carbons (Fsp3) is 0.867. The highest BCUT2D eigenvalue weighted by Gasteiger charge is 2.14. The maximum Gasteiger partial charge on any atom is 0.0751 e. The van der Waals surface area contributed by atoms with Crippen molar-refractivity contribution in [3.8, 4) is 0 Å². The molecular weight excluding hydrogens is 232 g/mol. The van der Waals surface area contributed by atoms with Crippen LogP contribution in [0.2, 0.25) is 0 Å². The molecule has 0 radical (unpaired) electrons. The maximum absolute atomic E-state index is 10.2. The number of alkyl halides is 1. The minimum absolute atomic E-state index is 0.262. The molecule has 0 bridgehead atoms. The van der Waals surface area contributed by atoms with Crippen LogP contribution in [0.15, 0.2) is 11.6 Å². The SMILES string of the molecule is CCCCC(CC)C(O)/C=C(\C)CCCCCl. The van der Waals surface area contributed by atoms with Gasteiger partial charge in [-0.3, -0.25) is 0 Å². The third kappa shape index (κ3) is 8.68. The monoisotopic (exact) mass is 260 g/mol. The van der Waals surface area contributed by atoms with Gasteiger partial charge in [-0.15, -0.1) is 11.6 Å². The van der Waals surface area contributed by atoms with E-state index in [0.717, 1.165) is 38.0 Å². The van der Waals surface area contributed by atoms with E-state index in [1.54, 1.807) is 0 Å². The van der Waals surface area contributed by atoms with Crippen LogP contribution in [0.1, 0.15) is 65.7 Å². The number of hydrogen-bond acceptors (Lipinski definition) is 1. The predicted octanol–water partition coefficient (Wildman–Crippen LogP) is 4.92. The summed E-state index contributed by atoms with van der Waals surface area (Å²) in [7, 11) is 0. The van der Waals surface area contributed by atoms with E-state index in [4.69, 9.17) is 11.6 Å². The van der Waals surface area contributed by atoms with Gasteiger partial charge in [0, 0.05) is 5.88 Å². The number of rotatable bonds is 10. The van der Waals surface area contributed by atoms with E-state index in [1.807, 2.05) is 0 Å². The number of halogens is 1. The van der Waals surface area contributed by atoms with Gasteiger partial charge >= 0.3 is 0 Å². The van der Waals surface area contributed by atoms with E-state index in [1.165, 1.54) is 18.4 Å². The Balaban J connectivity index is 4.07. The molecule has 1 nitrogen and oxygen atoms in total. The Morgan fingerprint density at radius 2 is 1.94 bits per heavy atom. The Morgan fingerprint density at radius 3 is 2.47 bits per heavy atom. The van der Waals surface area contributed by atoms with Crippen molar-refractivity contribution in [1.29, 1.82) is 0 Å². The molecule has 2 atom stereocenters. The molecule has 1 N–H and O–H groups in total. The van der Waals surface area contributed by atoms with Gasteiger partial charge in [-0.2, -0.15) is 0 Å². The Labute approximate surface area is 112 Å². The van der Waals surface area contributed by atoms with Crippen LogP contribution < -0.4 is 0 Å². The van der Waals surface area contributed by atoms with Crippen LogP contribution in [0, 0.1) is 5.92 Å². The lowest BCUT2D eigenvalue weighted by molar-refractivity contribution is 0.141. The lowest BCUT2D eigenvalue weighted by Gasteiger charge is -2.19. The molecule has 0 aliphatic carbocycles. The molecule has 2 heteroatoms. The first-order chi connectivity index (χ1) is 8.15. The Bertz CT molecular complexity index is 201. The lowest BCUT2D eigenvalue weighted by atomic mass is 9.92. The van der Waals surface area contributed by atoms with Crippen LogP contribution in [0.4, 0.5) is 0 Å². The summed E-state index contributed by atoms with van der Waals surface area (Å²) in [6, 6.07) is 0. The molecule has 0 spiro atoms. The van der Waals surface area contributed by atoms with Crippen molar-refractivity contribution in [2.24, 2.45) is 5.92 Å². The number of hydrogen-bond donors (Lipinski definition) is 1. The minimum atomic E-state index is -0.262. The summed E-state index contributed by atoms with van der Waals surface area (Å²) in [5.74, 6) is 1.17. The first kappa shape index (κ1) is 17.0. The molecule has 0 saturated heterocycles. The van der Waals surface area contributed by atoms with Gasteiger partial charge in [0.05, 0.1) is 6.10 Å². The van der Waals surface area contributed by atoms with Crippen molar-refractivity contribution in [1.82, 2.24) is 0 Å². The zero-order valence-electron chi connectivity index (χ0n) is 11.7. The topological polar surface area (TPSA) is 20.2 Å². The first-order valence-electron chi connectivity index (χ1n) is 7.07. The molecule has 17 heavy (non-hydrogen) atoms. The van der Waals surface area contributed by atoms with E-state index < -0.39 is 0 Å². The van der Waals surface area contributed by atoms with Crippen LogP contribution >= 0.6 is 11.6 Å². The van der Waals surface area contributed by atoms with Crippen LogP contribution in [0.25, 0.3) is 0 Å². The number of unbranched alkanes of at least 4 members (excludes halogenated alkanes) is 2. The molecule has 2 unspecified atom stereocenters. The summed E-state index contributed by atoms with van der Waals surface area (Å²) >= 11 is 5.65. The average Bonchev–Trinajstić information content (AvgIpc) is 2.30. The Hall–Kier alpha value is -0.0100. The van der Waals surface area contributed by atoms with Crippen LogP contribution in [-0.4, -0.2) is 17.1 Å². The lowest BCUT2D eigenvalue weighted by Crippen LogP contribution is -2.17. The molecule has 102 valence electrons. The molecule has 0 amide bonds. The van der Waals surface area contributed by atoms with Crippen molar-refractivity contribution >= 4 is 11.6 Å². The van der Waals surface area contributed by atoms with Crippen LogP contribution in [0.5, 0.6) is 0 Å². The zero-order chi connectivity index (χ0) is 13.1. The highest BCUT2D eigenvalue weighted by Crippen LogP contribution is 2.20. The highest BCUT2D eigenvalue weighted by atomic mass is 35.5. The molecular formula is C15H29ClO. The Morgan fingerprint density at radius 1 is 1.24 bits per heavy atom. The Kier molecular flexibility index (Phi) is 11.1. The van der Waals surface area contributed by atoms with Crippen LogP contribution in [-0.2, 0) is 0 Å². The van der Waals surface area contributed by atoms with Crippen molar-refractivity contribution < 1.29 is 5.11 Å². The van der Waals surface area contributed by atoms with Gasteiger partial charge in [0.2, 0.25) is 0 Å². The standard InChI is InChI=1S/C15H29ClO/c1-4-6-10-14(5-2)15(17)12-13(3)9-7-8-11-16/h12,14-15,17H,4-11H2,1-3H3/b13-12+. The fourth-order valence-electron chi connectivity index (χ4n) is 2.09. The van der Waals surface area contributed by atoms with Crippen molar-refractivity contribution in [2.75, 3.05) is 5.88 Å². The summed E-state index contributed by atoms with van der Waals surface area (Å²) in [5.41, 5.74) is 1.30. The van der Waals surface area contributed by atoms with E-state index in [0.29, 0.717) is 5.92 Å². The van der Waals surface area contributed by atoms with Crippen molar-refractivity contribution in [3.63, 3.8) is 0 Å². The van der Waals surface area contributed by atoms with Gasteiger partial charge < -0.3 is 5.11 Å². The molecule has 0 aliphatic rings. The van der Waals surface area contributed by atoms with Gasteiger partial charge in [0.15, 0.2) is 0 Å². The number of allylic oxidation sites excluding steroid dienone is 1. The van der Waals surface area contributed by atoms with Crippen molar-refractivity contribution in [2.45, 2.75) is 71.8 Å². The van der Waals surface area contributed by atoms with E-state index >= 15 is 0 Å². The van der Waals surface area contributed by atoms with Gasteiger partial charge in [0.1, 0.15) is 0 Å². The molecule has 0 saturated carbocycles. The normalized spacial score (nSPS) is 15.9. The second kappa shape index (κ2) is 11.1. The molecule has 0 aromatic carbocycles. The third-order valence-electron chi connectivity index (χ3n) is 3.35. The second-order valence-corrected chi connectivity index (χ2v) is 5.34. The molecule has 0 fully saturated rings. The quantitative estimate of drug-likeness (QED) is 0.336. The summed E-state index contributed by atoms with van der Waals surface area (Å²) in [6.07, 6.45) is 9.68. The minimum Gasteiger partial charge on any atom is -0.389 e. The first-order valence-corrected chi connectivity index (χ1v) is 7.60. The zero-order valence-corrected chi connectivity index (χ0v) is 12.5. The van der Waals surface area contributed by atoms with Crippen molar-refractivity contribution in [3.05, 3.63) is 11.6 Å². The number of aliphatic hydroxyl groups is 1. The van der Waals surface area contributed by atoms with Gasteiger partial charge in [-0.05, 0) is 38.5 Å². The van der Waals surface area contributed by atoms with Gasteiger partial charge in [-0.1, -0.05) is 44.8 Å². The van der Waals surface area contributed by atoms with E-state index in [2.05, 4.69) is 26.8 Å². The second-order valence-electron chi connectivity index (χ2n) is 4.96. The van der Waals surface area contributed by atoms with Gasteiger partial charge in [-0.25, -0.2) is 0 Å². The van der Waals surface area contributed by atoms with Gasteiger partial charge in [0.25, 0.3) is 0 Å². The van der Waals surface area contributed by atoms with E-state index in [9.17, 15) is 5.11 Å². The fourth-order valence-corrected chi connectivity index (χ4v) is 2.28. The maximum atomic E-state index is 10.2. The number of aliphatic hydroxyl groups excluding tert-OH is 1. The summed E-state index contributed by atoms with van der Waals surface area (Å²) < 4.78 is 0. The molecule has 0 aromatic rings. The molecule has 0 aliphatic heterocycles. The van der Waals surface area contributed by atoms with Crippen LogP contribution in [0.3, 0.4) is 0 Å². The summed E-state index contributed by atoms with van der Waals surface area (Å²) in [5, 5.41) is 10.2. The predicted molar refractivity (Wildman–Crippen MR) is 77.6 cm³/mol. The summed E-state index contributed by atoms with van der Waals surface area (Å²) in [4.78, 5) is 0.